The van der Waals surface area contributed by atoms with Crippen molar-refractivity contribution in [1.82, 2.24) is 0 Å². The lowest BCUT2D eigenvalue weighted by Crippen LogP contribution is -1.96. The smallest absolute Gasteiger partial charge is 0.142 e. The minimum atomic E-state index is 0.283. The largest absolute Gasteiger partial charge is 0.506 e. The maximum atomic E-state index is 9.51. The van der Waals surface area contributed by atoms with Crippen LogP contribution in [0.2, 0.25) is 0 Å². The van der Waals surface area contributed by atoms with Gasteiger partial charge in [-0.3, -0.25) is 0 Å². The lowest BCUT2D eigenvalue weighted by molar-refractivity contribution is 0.342. The average molecular weight is 209 g/mol. The summed E-state index contributed by atoms with van der Waals surface area (Å²) in [7, 11) is 0. The van der Waals surface area contributed by atoms with Gasteiger partial charge in [-0.1, -0.05) is 0 Å². The quantitative estimate of drug-likeness (QED) is 0.747. The van der Waals surface area contributed by atoms with Gasteiger partial charge in [0.25, 0.3) is 0 Å². The number of hydrogen-bond donors (Lipinski definition) is 2. The van der Waals surface area contributed by atoms with Gasteiger partial charge in [-0.25, -0.2) is 0 Å². The zero-order valence-corrected chi connectivity index (χ0v) is 8.60. The fourth-order valence-electron chi connectivity index (χ4n) is 1.34. The summed E-state index contributed by atoms with van der Waals surface area (Å²) in [5.74, 6) is 0.916. The molecule has 0 atom stereocenters. The van der Waals surface area contributed by atoms with Crippen molar-refractivity contribution in [2.75, 3.05) is 12.3 Å². The second-order valence-electron chi connectivity index (χ2n) is 2.94. The summed E-state index contributed by atoms with van der Waals surface area (Å²) in [6.07, 6.45) is 0. The zero-order valence-electron chi connectivity index (χ0n) is 7.78. The van der Waals surface area contributed by atoms with E-state index in [2.05, 4.69) is 0 Å². The van der Waals surface area contributed by atoms with Crippen LogP contribution < -0.4 is 10.5 Å². The van der Waals surface area contributed by atoms with Crippen molar-refractivity contribution >= 4 is 27.1 Å². The summed E-state index contributed by atoms with van der Waals surface area (Å²) in [5, 5.41) is 12.0. The Balaban J connectivity index is 2.61. The van der Waals surface area contributed by atoms with Crippen LogP contribution in [0, 0.1) is 0 Å². The van der Waals surface area contributed by atoms with E-state index in [0.29, 0.717) is 18.0 Å². The number of nitrogens with two attached hydrogens (primary N) is 1. The first kappa shape index (κ1) is 9.15. The van der Waals surface area contributed by atoms with E-state index in [1.165, 1.54) is 11.3 Å². The van der Waals surface area contributed by atoms with Crippen molar-refractivity contribution in [3.05, 3.63) is 17.5 Å². The second kappa shape index (κ2) is 3.38. The summed E-state index contributed by atoms with van der Waals surface area (Å²) < 4.78 is 6.31. The van der Waals surface area contributed by atoms with Gasteiger partial charge in [0.1, 0.15) is 11.5 Å². The third-order valence-electron chi connectivity index (χ3n) is 1.99. The summed E-state index contributed by atoms with van der Waals surface area (Å²) in [4.78, 5) is 0. The van der Waals surface area contributed by atoms with Crippen LogP contribution in [-0.4, -0.2) is 11.7 Å². The lowest BCUT2D eigenvalue weighted by atomic mass is 10.2. The molecule has 3 N–H and O–H groups in total. The minimum Gasteiger partial charge on any atom is -0.506 e. The molecule has 2 rings (SSSR count). The van der Waals surface area contributed by atoms with Gasteiger partial charge in [0.2, 0.25) is 0 Å². The number of ether oxygens (including phenoxy) is 1. The Morgan fingerprint density at radius 2 is 2.29 bits per heavy atom. The molecule has 0 bridgehead atoms. The van der Waals surface area contributed by atoms with Crippen molar-refractivity contribution < 1.29 is 9.84 Å². The van der Waals surface area contributed by atoms with Gasteiger partial charge in [0.05, 0.1) is 12.3 Å². The molecule has 0 spiro atoms. The highest BCUT2D eigenvalue weighted by molar-refractivity contribution is 7.17. The number of anilines is 1. The highest BCUT2D eigenvalue weighted by Crippen LogP contribution is 2.37. The van der Waals surface area contributed by atoms with E-state index in [4.69, 9.17) is 10.5 Å². The number of nitrogen functional groups attached to an aromatic ring is 1. The normalized spacial score (nSPS) is 10.6. The third-order valence-corrected chi connectivity index (χ3v) is 2.92. The van der Waals surface area contributed by atoms with E-state index in [9.17, 15) is 5.11 Å². The summed E-state index contributed by atoms with van der Waals surface area (Å²) in [6.45, 7) is 2.47. The van der Waals surface area contributed by atoms with Crippen LogP contribution in [0.3, 0.4) is 0 Å². The zero-order chi connectivity index (χ0) is 10.1. The molecule has 1 heterocycles. The van der Waals surface area contributed by atoms with Gasteiger partial charge in [-0.2, -0.15) is 0 Å². The Hall–Kier alpha value is -1.42. The first-order valence-electron chi connectivity index (χ1n) is 4.35. The molecular weight excluding hydrogens is 198 g/mol. The molecular formula is C10H11NO2S. The highest BCUT2D eigenvalue weighted by Gasteiger charge is 2.07. The van der Waals surface area contributed by atoms with Gasteiger partial charge in [-0.05, 0) is 19.1 Å². The molecule has 0 fully saturated rings. The first-order chi connectivity index (χ1) is 6.72. The van der Waals surface area contributed by atoms with Crippen molar-refractivity contribution in [3.8, 4) is 11.5 Å². The van der Waals surface area contributed by atoms with Crippen LogP contribution in [0.4, 0.5) is 5.69 Å². The van der Waals surface area contributed by atoms with Gasteiger partial charge < -0.3 is 15.6 Å². The van der Waals surface area contributed by atoms with Gasteiger partial charge in [0, 0.05) is 15.5 Å². The number of benzene rings is 1. The maximum absolute atomic E-state index is 9.51. The van der Waals surface area contributed by atoms with Crippen LogP contribution in [0.1, 0.15) is 6.92 Å². The molecule has 14 heavy (non-hydrogen) atoms. The number of fused-ring (bicyclic) bond motifs is 1. The Kier molecular flexibility index (Phi) is 2.21. The molecule has 1 aromatic heterocycles. The van der Waals surface area contributed by atoms with E-state index >= 15 is 0 Å². The number of thiophene rings is 1. The molecule has 0 aliphatic carbocycles. The molecule has 0 saturated carbocycles. The van der Waals surface area contributed by atoms with Crippen LogP contribution in [0.15, 0.2) is 17.5 Å². The van der Waals surface area contributed by atoms with E-state index in [1.807, 2.05) is 13.0 Å². The molecule has 0 saturated heterocycles. The molecule has 74 valence electrons. The molecule has 2 aromatic rings. The fraction of sp³-hybridized carbons (Fsp3) is 0.200. The predicted molar refractivity (Wildman–Crippen MR) is 59.1 cm³/mol. The number of rotatable bonds is 2. The van der Waals surface area contributed by atoms with E-state index in [1.54, 1.807) is 11.4 Å². The van der Waals surface area contributed by atoms with Crippen LogP contribution in [0.5, 0.6) is 11.5 Å². The van der Waals surface area contributed by atoms with Crippen LogP contribution in [-0.2, 0) is 0 Å². The molecule has 4 heteroatoms. The summed E-state index contributed by atoms with van der Waals surface area (Å²) in [5.41, 5.74) is 6.39. The molecule has 1 aromatic carbocycles. The van der Waals surface area contributed by atoms with Crippen LogP contribution >= 0.6 is 11.3 Å². The lowest BCUT2D eigenvalue weighted by Gasteiger charge is -2.06. The first-order valence-corrected chi connectivity index (χ1v) is 5.23. The fourth-order valence-corrected chi connectivity index (χ4v) is 2.19. The number of aromatic hydroxyl groups is 1. The van der Waals surface area contributed by atoms with Gasteiger partial charge >= 0.3 is 0 Å². The van der Waals surface area contributed by atoms with Crippen molar-refractivity contribution in [1.29, 1.82) is 0 Å². The van der Waals surface area contributed by atoms with Crippen LogP contribution in [0.25, 0.3) is 10.1 Å². The molecule has 3 nitrogen and oxygen atoms in total. The van der Waals surface area contributed by atoms with E-state index < -0.39 is 0 Å². The van der Waals surface area contributed by atoms with Gasteiger partial charge in [-0.15, -0.1) is 11.3 Å². The maximum Gasteiger partial charge on any atom is 0.142 e. The molecule has 0 radical (unpaired) electrons. The Labute approximate surface area is 85.7 Å². The predicted octanol–water partition coefficient (Wildman–Crippen LogP) is 2.59. The second-order valence-corrected chi connectivity index (χ2v) is 3.85. The van der Waals surface area contributed by atoms with E-state index in [-0.39, 0.29) is 5.75 Å². The van der Waals surface area contributed by atoms with Crippen molar-refractivity contribution in [2.45, 2.75) is 6.92 Å². The monoisotopic (exact) mass is 209 g/mol. The Morgan fingerprint density at radius 1 is 1.50 bits per heavy atom. The number of hydrogen-bond acceptors (Lipinski definition) is 4. The van der Waals surface area contributed by atoms with Gasteiger partial charge in [0.15, 0.2) is 0 Å². The van der Waals surface area contributed by atoms with Crippen molar-refractivity contribution in [2.24, 2.45) is 0 Å². The Morgan fingerprint density at radius 3 is 3.00 bits per heavy atom. The molecule has 0 unspecified atom stereocenters. The molecule has 0 aliphatic rings. The summed E-state index contributed by atoms with van der Waals surface area (Å²) in [6, 6.07) is 3.60. The SMILES string of the molecule is CCOc1cc2c(O)csc2cc1N. The van der Waals surface area contributed by atoms with E-state index in [0.717, 1.165) is 10.1 Å². The Bertz CT molecular complexity index is 464. The minimum absolute atomic E-state index is 0.283. The summed E-state index contributed by atoms with van der Waals surface area (Å²) >= 11 is 1.47. The topological polar surface area (TPSA) is 55.5 Å². The third kappa shape index (κ3) is 1.37. The standard InChI is InChI=1S/C10H11NO2S/c1-2-13-9-3-6-8(12)5-14-10(6)4-7(9)11/h3-5,12H,2,11H2,1H3. The highest BCUT2D eigenvalue weighted by atomic mass is 32.1. The molecule has 0 aliphatic heterocycles. The van der Waals surface area contributed by atoms with Crippen molar-refractivity contribution in [3.63, 3.8) is 0 Å². The molecule has 0 amide bonds. The average Bonchev–Trinajstić information content (AvgIpc) is 2.49.